The zero-order valence-corrected chi connectivity index (χ0v) is 17.7. The summed E-state index contributed by atoms with van der Waals surface area (Å²) in [5.41, 5.74) is 2.87. The van der Waals surface area contributed by atoms with Gasteiger partial charge < -0.3 is 9.67 Å². The zero-order chi connectivity index (χ0) is 21.0. The molecule has 0 fully saturated rings. The largest absolute Gasteiger partial charge is 0.493 e. The maximum atomic E-state index is 11.0. The van der Waals surface area contributed by atoms with Gasteiger partial charge in [0.1, 0.15) is 5.69 Å². The average Bonchev–Trinajstić information content (AvgIpc) is 2.95. The van der Waals surface area contributed by atoms with Crippen molar-refractivity contribution in [1.82, 2.24) is 14.1 Å². The van der Waals surface area contributed by atoms with Gasteiger partial charge in [-0.3, -0.25) is 14.1 Å². The summed E-state index contributed by atoms with van der Waals surface area (Å²) in [6.07, 6.45) is 3.28. The van der Waals surface area contributed by atoms with Gasteiger partial charge in [0.05, 0.1) is 17.1 Å². The highest BCUT2D eigenvalue weighted by atomic mass is 32.2. The topological polar surface area (TPSA) is 97.3 Å². The first-order valence-electron chi connectivity index (χ1n) is 9.32. The number of para-hydroxylation sites is 1. The van der Waals surface area contributed by atoms with Crippen LogP contribution >= 0.6 is 12.2 Å². The molecule has 2 heterocycles. The number of hydrogen-bond acceptors (Lipinski definition) is 5. The van der Waals surface area contributed by atoms with Crippen molar-refractivity contribution >= 4 is 22.3 Å². The third-order valence-corrected chi connectivity index (χ3v) is 5.84. The first-order chi connectivity index (χ1) is 13.8. The fourth-order valence-electron chi connectivity index (χ4n) is 3.26. The van der Waals surface area contributed by atoms with Gasteiger partial charge in [0, 0.05) is 12.7 Å². The Morgan fingerprint density at radius 2 is 1.86 bits per heavy atom. The number of aromatic nitrogens is 3. The van der Waals surface area contributed by atoms with Crippen LogP contribution in [-0.2, 0) is 23.1 Å². The lowest BCUT2D eigenvalue weighted by Gasteiger charge is -2.07. The van der Waals surface area contributed by atoms with Gasteiger partial charge in [0.25, 0.3) is 10.1 Å². The van der Waals surface area contributed by atoms with Crippen LogP contribution in [0.25, 0.3) is 17.1 Å². The summed E-state index contributed by atoms with van der Waals surface area (Å²) in [5.74, 6) is -0.222. The van der Waals surface area contributed by atoms with Gasteiger partial charge >= 0.3 is 0 Å². The van der Waals surface area contributed by atoms with Gasteiger partial charge in [-0.05, 0) is 68.2 Å². The molecule has 0 saturated heterocycles. The van der Waals surface area contributed by atoms with Crippen molar-refractivity contribution in [2.75, 3.05) is 5.75 Å². The Morgan fingerprint density at radius 3 is 2.52 bits per heavy atom. The predicted octanol–water partition coefficient (Wildman–Crippen LogP) is 4.01. The molecule has 3 rings (SSSR count). The molecule has 2 N–H and O–H groups in total. The van der Waals surface area contributed by atoms with E-state index in [2.05, 4.69) is 4.98 Å². The molecule has 2 aromatic heterocycles. The zero-order valence-electron chi connectivity index (χ0n) is 16.0. The molecule has 0 aliphatic rings. The normalized spacial score (nSPS) is 11.7. The Hall–Kier alpha value is -2.49. The molecule has 29 heavy (non-hydrogen) atoms. The minimum absolute atomic E-state index is 0.0269. The lowest BCUT2D eigenvalue weighted by atomic mass is 10.1. The Labute approximate surface area is 175 Å². The number of unbranched alkanes of at least 4 members (excludes halogenated alkanes) is 1. The second-order valence-electron chi connectivity index (χ2n) is 6.66. The van der Waals surface area contributed by atoms with Crippen LogP contribution in [0.1, 0.15) is 25.3 Å². The first-order valence-corrected chi connectivity index (χ1v) is 11.3. The summed E-state index contributed by atoms with van der Waals surface area (Å²) in [5, 5.41) is 11.0. The molecule has 0 amide bonds. The smallest absolute Gasteiger partial charge is 0.264 e. The van der Waals surface area contributed by atoms with Crippen molar-refractivity contribution < 1.29 is 18.1 Å². The maximum Gasteiger partial charge on any atom is 0.264 e. The summed E-state index contributed by atoms with van der Waals surface area (Å²) >= 11 is 5.59. The number of hydrogen-bond donors (Lipinski definition) is 2. The second kappa shape index (κ2) is 8.89. The fourth-order valence-corrected chi connectivity index (χ4v) is 4.24. The first kappa shape index (κ1) is 21.2. The Bertz CT molecular complexity index is 1150. The van der Waals surface area contributed by atoms with Crippen molar-refractivity contribution in [1.29, 1.82) is 0 Å². The van der Waals surface area contributed by atoms with E-state index in [9.17, 15) is 13.5 Å². The molecule has 1 aromatic carbocycles. The molecule has 9 heteroatoms. The van der Waals surface area contributed by atoms with Crippen molar-refractivity contribution in [3.05, 3.63) is 59.0 Å². The van der Waals surface area contributed by atoms with Gasteiger partial charge in [0.2, 0.25) is 5.88 Å². The van der Waals surface area contributed by atoms with Gasteiger partial charge in [-0.1, -0.05) is 18.2 Å². The monoisotopic (exact) mass is 433 g/mol. The SMILES string of the molecule is CCn1c(-c2cc(CCCCS(=O)(=O)O)ccn2)c(O)n(-c2ccccc2)c1=S. The molecule has 0 saturated carbocycles. The highest BCUT2D eigenvalue weighted by Crippen LogP contribution is 2.33. The fraction of sp³-hybridized carbons (Fsp3) is 0.300. The molecule has 3 aromatic rings. The maximum absolute atomic E-state index is 11.0. The number of aromatic hydroxyl groups is 1. The van der Waals surface area contributed by atoms with Crippen LogP contribution in [0.15, 0.2) is 48.7 Å². The van der Waals surface area contributed by atoms with Crippen LogP contribution in [-0.4, -0.2) is 37.9 Å². The number of benzene rings is 1. The Balaban J connectivity index is 1.94. The third kappa shape index (κ3) is 4.92. The van der Waals surface area contributed by atoms with Gasteiger partial charge in [0.15, 0.2) is 4.77 Å². The van der Waals surface area contributed by atoms with E-state index >= 15 is 0 Å². The van der Waals surface area contributed by atoms with E-state index in [1.807, 2.05) is 54.0 Å². The van der Waals surface area contributed by atoms with Crippen LogP contribution in [0.3, 0.4) is 0 Å². The van der Waals surface area contributed by atoms with E-state index in [0.29, 0.717) is 42.0 Å². The minimum atomic E-state index is -3.94. The molecule has 0 aliphatic heterocycles. The molecular formula is C20H23N3O4S2. The summed E-state index contributed by atoms with van der Waals surface area (Å²) in [6, 6.07) is 13.1. The quantitative estimate of drug-likeness (QED) is 0.317. The lowest BCUT2D eigenvalue weighted by molar-refractivity contribution is 0.443. The van der Waals surface area contributed by atoms with Gasteiger partial charge in [-0.15, -0.1) is 0 Å². The molecule has 0 bridgehead atoms. The molecule has 154 valence electrons. The standard InChI is InChI=1S/C20H23N3O4S2/c1-2-22-18(19(24)23(20(22)28)16-9-4-3-5-10-16)17-14-15(11-12-21-17)8-6-7-13-29(25,26)27/h3-5,9-12,14,24H,2,6-8,13H2,1H3,(H,25,26,27). The van der Waals surface area contributed by atoms with Crippen LogP contribution < -0.4 is 0 Å². The Kier molecular flexibility index (Phi) is 6.51. The van der Waals surface area contributed by atoms with Crippen LogP contribution in [0.5, 0.6) is 5.88 Å². The van der Waals surface area contributed by atoms with E-state index in [-0.39, 0.29) is 11.6 Å². The average molecular weight is 434 g/mol. The number of aryl methyl sites for hydroxylation is 1. The van der Waals surface area contributed by atoms with Gasteiger partial charge in [-0.25, -0.2) is 0 Å². The van der Waals surface area contributed by atoms with Crippen LogP contribution in [0.4, 0.5) is 0 Å². The summed E-state index contributed by atoms with van der Waals surface area (Å²) in [6.45, 7) is 2.52. The molecule has 0 aliphatic carbocycles. The van der Waals surface area contributed by atoms with E-state index in [4.69, 9.17) is 16.8 Å². The van der Waals surface area contributed by atoms with Crippen molar-refractivity contribution in [3.63, 3.8) is 0 Å². The number of rotatable bonds is 8. The van der Waals surface area contributed by atoms with Crippen molar-refractivity contribution in [3.8, 4) is 23.0 Å². The highest BCUT2D eigenvalue weighted by molar-refractivity contribution is 7.85. The highest BCUT2D eigenvalue weighted by Gasteiger charge is 2.20. The molecule has 0 atom stereocenters. The lowest BCUT2D eigenvalue weighted by Crippen LogP contribution is -2.04. The van der Waals surface area contributed by atoms with Crippen LogP contribution in [0.2, 0.25) is 0 Å². The summed E-state index contributed by atoms with van der Waals surface area (Å²) in [4.78, 5) is 4.42. The van der Waals surface area contributed by atoms with Crippen molar-refractivity contribution in [2.45, 2.75) is 32.7 Å². The summed E-state index contributed by atoms with van der Waals surface area (Å²) in [7, 11) is -3.94. The van der Waals surface area contributed by atoms with Crippen molar-refractivity contribution in [2.24, 2.45) is 0 Å². The third-order valence-electron chi connectivity index (χ3n) is 4.63. The van der Waals surface area contributed by atoms with E-state index in [0.717, 1.165) is 11.3 Å². The Morgan fingerprint density at radius 1 is 1.14 bits per heavy atom. The molecule has 0 unspecified atom stereocenters. The van der Waals surface area contributed by atoms with Crippen LogP contribution in [0, 0.1) is 4.77 Å². The molecule has 0 radical (unpaired) electrons. The van der Waals surface area contributed by atoms with E-state index in [1.54, 1.807) is 10.8 Å². The molecule has 7 nitrogen and oxygen atoms in total. The molecular weight excluding hydrogens is 410 g/mol. The molecule has 0 spiro atoms. The predicted molar refractivity (Wildman–Crippen MR) is 115 cm³/mol. The minimum Gasteiger partial charge on any atom is -0.493 e. The van der Waals surface area contributed by atoms with E-state index in [1.165, 1.54) is 0 Å². The summed E-state index contributed by atoms with van der Waals surface area (Å²) < 4.78 is 34.5. The number of imidazole rings is 1. The number of pyridine rings is 1. The van der Waals surface area contributed by atoms with E-state index < -0.39 is 10.1 Å². The van der Waals surface area contributed by atoms with Gasteiger partial charge in [-0.2, -0.15) is 8.42 Å². The number of nitrogens with zero attached hydrogens (tertiary/aromatic N) is 3. The second-order valence-corrected chi connectivity index (χ2v) is 8.60.